The minimum atomic E-state index is -2.40. The van der Waals surface area contributed by atoms with Gasteiger partial charge in [0.1, 0.15) is 0 Å². The Morgan fingerprint density at radius 1 is 1.18 bits per heavy atom. The maximum atomic E-state index is 13.3. The Kier molecular flexibility index (Phi) is 7.95. The molecule has 1 aliphatic rings. The van der Waals surface area contributed by atoms with Crippen molar-refractivity contribution >= 4 is 22.4 Å². The van der Waals surface area contributed by atoms with Crippen LogP contribution in [0.25, 0.3) is 10.8 Å². The van der Waals surface area contributed by atoms with Crippen molar-refractivity contribution in [3.8, 4) is 0 Å². The van der Waals surface area contributed by atoms with Crippen LogP contribution in [0.3, 0.4) is 0 Å². The smallest absolute Gasteiger partial charge is 0.274 e. The fourth-order valence-electron chi connectivity index (χ4n) is 4.54. The summed E-state index contributed by atoms with van der Waals surface area (Å²) in [6.45, 7) is 5.59. The van der Waals surface area contributed by atoms with Gasteiger partial charge in [0.05, 0.1) is 24.2 Å². The third-order valence-corrected chi connectivity index (χ3v) is 6.57. The molecule has 3 aromatic rings. The lowest BCUT2D eigenvalue weighted by molar-refractivity contribution is 0.148. The molecular formula is C26H29ClF2N4O. The van der Waals surface area contributed by atoms with Crippen molar-refractivity contribution < 1.29 is 8.78 Å². The van der Waals surface area contributed by atoms with E-state index in [1.54, 1.807) is 4.68 Å². The summed E-state index contributed by atoms with van der Waals surface area (Å²) in [4.78, 5) is 15.6. The summed E-state index contributed by atoms with van der Waals surface area (Å²) in [6.07, 6.45) is 0.781. The van der Waals surface area contributed by atoms with Gasteiger partial charge in [-0.05, 0) is 49.6 Å². The maximum absolute atomic E-state index is 13.3. The van der Waals surface area contributed by atoms with E-state index < -0.39 is 6.43 Å². The molecule has 2 aromatic carbocycles. The Labute approximate surface area is 203 Å². The highest BCUT2D eigenvalue weighted by Gasteiger charge is 2.26. The van der Waals surface area contributed by atoms with Gasteiger partial charge in [0, 0.05) is 35.1 Å². The van der Waals surface area contributed by atoms with E-state index >= 15 is 0 Å². The van der Waals surface area contributed by atoms with Gasteiger partial charge in [-0.2, -0.15) is 5.10 Å². The van der Waals surface area contributed by atoms with Gasteiger partial charge in [-0.25, -0.2) is 13.5 Å². The largest absolute Gasteiger partial charge is 0.383 e. The number of nitrogens with one attached hydrogen (secondary N) is 1. The van der Waals surface area contributed by atoms with Gasteiger partial charge < -0.3 is 5.32 Å². The zero-order valence-corrected chi connectivity index (χ0v) is 19.8. The van der Waals surface area contributed by atoms with Crippen molar-refractivity contribution in [1.29, 1.82) is 0 Å². The topological polar surface area (TPSA) is 50.2 Å². The lowest BCUT2D eigenvalue weighted by Crippen LogP contribution is -2.38. The maximum Gasteiger partial charge on any atom is 0.274 e. The Morgan fingerprint density at radius 2 is 1.91 bits per heavy atom. The molecule has 1 atom stereocenters. The third kappa shape index (κ3) is 6.02. The van der Waals surface area contributed by atoms with Crippen LogP contribution >= 0.6 is 11.6 Å². The van der Waals surface area contributed by atoms with Crippen LogP contribution in [0.1, 0.15) is 30.5 Å². The Balaban J connectivity index is 1.53. The molecule has 4 rings (SSSR count). The lowest BCUT2D eigenvalue weighted by atomic mass is 10.0. The van der Waals surface area contributed by atoms with Gasteiger partial charge in [-0.15, -0.1) is 0 Å². The molecule has 5 nitrogen and oxygen atoms in total. The second-order valence-electron chi connectivity index (χ2n) is 8.74. The highest BCUT2D eigenvalue weighted by atomic mass is 35.5. The Hall–Kier alpha value is -2.77. The van der Waals surface area contributed by atoms with Crippen LogP contribution in [0.15, 0.2) is 65.6 Å². The molecule has 2 heterocycles. The van der Waals surface area contributed by atoms with E-state index in [0.29, 0.717) is 42.0 Å². The van der Waals surface area contributed by atoms with Crippen LogP contribution in [0.5, 0.6) is 0 Å². The zero-order valence-electron chi connectivity index (χ0n) is 19.0. The normalized spacial score (nSPS) is 16.4. The number of hydrogen-bond donors (Lipinski definition) is 1. The van der Waals surface area contributed by atoms with Gasteiger partial charge in [-0.3, -0.25) is 9.69 Å². The predicted octanol–water partition coefficient (Wildman–Crippen LogP) is 4.86. The number of hydrogen-bond acceptors (Lipinski definition) is 4. The van der Waals surface area contributed by atoms with Crippen molar-refractivity contribution in [2.24, 2.45) is 0 Å². The van der Waals surface area contributed by atoms with E-state index in [9.17, 15) is 13.6 Å². The van der Waals surface area contributed by atoms with E-state index in [-0.39, 0.29) is 18.1 Å². The molecule has 8 heteroatoms. The second-order valence-corrected chi connectivity index (χ2v) is 9.18. The first kappa shape index (κ1) is 24.4. The van der Waals surface area contributed by atoms with Gasteiger partial charge in [0.2, 0.25) is 0 Å². The standard InChI is InChI=1S/C26H29ClF2N4O/c1-18(30-16-25(28)29)12-14-32-13-4-5-21(32)17-33-26(34)23-7-3-2-6-22(23)24(31-33)15-19-8-10-20(27)11-9-19/h2-3,6-11,21,25,30H,1,4-5,12-17H2/t21-/m1/s1. The fraction of sp³-hybridized carbons (Fsp3) is 0.385. The summed E-state index contributed by atoms with van der Waals surface area (Å²) in [5, 5.41) is 9.69. The molecule has 1 fully saturated rings. The van der Waals surface area contributed by atoms with Crippen LogP contribution in [0, 0.1) is 0 Å². The second kappa shape index (κ2) is 11.1. The van der Waals surface area contributed by atoms with Gasteiger partial charge in [-0.1, -0.05) is 48.5 Å². The summed E-state index contributed by atoms with van der Waals surface area (Å²) in [5.74, 6) is 0. The number of aromatic nitrogens is 2. The number of rotatable bonds is 10. The zero-order chi connectivity index (χ0) is 24.1. The fourth-order valence-corrected chi connectivity index (χ4v) is 4.67. The number of alkyl halides is 2. The molecule has 1 saturated heterocycles. The summed E-state index contributed by atoms with van der Waals surface area (Å²) in [5.41, 5.74) is 2.44. The van der Waals surface area contributed by atoms with Crippen molar-refractivity contribution in [3.05, 3.63) is 87.4 Å². The number of nitrogens with zero attached hydrogens (tertiary/aromatic N) is 3. The molecule has 0 aliphatic carbocycles. The van der Waals surface area contributed by atoms with E-state index in [2.05, 4.69) is 16.8 Å². The first-order valence-electron chi connectivity index (χ1n) is 11.6. The van der Waals surface area contributed by atoms with Crippen molar-refractivity contribution in [1.82, 2.24) is 20.0 Å². The molecule has 0 bridgehead atoms. The summed E-state index contributed by atoms with van der Waals surface area (Å²) in [7, 11) is 0. The minimum Gasteiger partial charge on any atom is -0.383 e. The van der Waals surface area contributed by atoms with Crippen LogP contribution < -0.4 is 10.9 Å². The van der Waals surface area contributed by atoms with Crippen LogP contribution in [0.4, 0.5) is 8.78 Å². The van der Waals surface area contributed by atoms with Crippen LogP contribution in [-0.4, -0.2) is 46.8 Å². The molecule has 1 aliphatic heterocycles. The highest BCUT2D eigenvalue weighted by Crippen LogP contribution is 2.22. The molecule has 0 amide bonds. The van der Waals surface area contributed by atoms with E-state index in [0.717, 1.165) is 36.0 Å². The first-order chi connectivity index (χ1) is 16.4. The van der Waals surface area contributed by atoms with Crippen molar-refractivity contribution in [3.63, 3.8) is 0 Å². The lowest BCUT2D eigenvalue weighted by Gasteiger charge is -2.25. The van der Waals surface area contributed by atoms with Gasteiger partial charge >= 0.3 is 0 Å². The Morgan fingerprint density at radius 3 is 2.65 bits per heavy atom. The van der Waals surface area contributed by atoms with E-state index in [1.165, 1.54) is 0 Å². The van der Waals surface area contributed by atoms with Crippen molar-refractivity contribution in [2.45, 2.75) is 44.7 Å². The summed E-state index contributed by atoms with van der Waals surface area (Å²) in [6, 6.07) is 15.4. The van der Waals surface area contributed by atoms with Gasteiger partial charge in [0.15, 0.2) is 0 Å². The number of benzene rings is 2. The average Bonchev–Trinajstić information content (AvgIpc) is 3.27. The molecule has 1 aromatic heterocycles. The molecular weight excluding hydrogens is 458 g/mol. The van der Waals surface area contributed by atoms with Crippen LogP contribution in [-0.2, 0) is 13.0 Å². The van der Waals surface area contributed by atoms with Crippen LogP contribution in [0.2, 0.25) is 5.02 Å². The number of fused-ring (bicyclic) bond motifs is 1. The molecule has 34 heavy (non-hydrogen) atoms. The molecule has 180 valence electrons. The minimum absolute atomic E-state index is 0.0923. The molecule has 1 N–H and O–H groups in total. The number of halogens is 3. The van der Waals surface area contributed by atoms with E-state index in [1.807, 2.05) is 48.5 Å². The SMILES string of the molecule is C=C(CCN1CCC[C@@H]1Cn1nc(Cc2ccc(Cl)cc2)c2ccccc2c1=O)NCC(F)F. The molecule has 0 saturated carbocycles. The summed E-state index contributed by atoms with van der Waals surface area (Å²) < 4.78 is 26.4. The monoisotopic (exact) mass is 486 g/mol. The quantitative estimate of drug-likeness (QED) is 0.444. The molecule has 0 spiro atoms. The van der Waals surface area contributed by atoms with E-state index in [4.69, 9.17) is 16.7 Å². The average molecular weight is 487 g/mol. The molecule has 0 radical (unpaired) electrons. The molecule has 0 unspecified atom stereocenters. The first-order valence-corrected chi connectivity index (χ1v) is 12.0. The predicted molar refractivity (Wildman–Crippen MR) is 133 cm³/mol. The summed E-state index contributed by atoms with van der Waals surface area (Å²) >= 11 is 6.03. The Bertz CT molecular complexity index is 1200. The highest BCUT2D eigenvalue weighted by molar-refractivity contribution is 6.30. The number of likely N-dealkylation sites (tertiary alicyclic amines) is 1. The third-order valence-electron chi connectivity index (χ3n) is 6.32. The van der Waals surface area contributed by atoms with Gasteiger partial charge in [0.25, 0.3) is 12.0 Å². The van der Waals surface area contributed by atoms with Crippen molar-refractivity contribution in [2.75, 3.05) is 19.6 Å².